The second-order valence-electron chi connectivity index (χ2n) is 5.60. The Labute approximate surface area is 134 Å². The number of rotatable bonds is 3. The van der Waals surface area contributed by atoms with E-state index in [2.05, 4.69) is 14.9 Å². The molecule has 3 rings (SSSR count). The van der Waals surface area contributed by atoms with Gasteiger partial charge in [0.25, 0.3) is 0 Å². The van der Waals surface area contributed by atoms with E-state index in [9.17, 15) is 5.11 Å². The van der Waals surface area contributed by atoms with E-state index >= 15 is 0 Å². The van der Waals surface area contributed by atoms with Crippen LogP contribution < -0.4 is 10.6 Å². The fourth-order valence-electron chi connectivity index (χ4n) is 2.71. The third-order valence-corrected chi connectivity index (χ3v) is 4.18. The van der Waals surface area contributed by atoms with E-state index in [0.29, 0.717) is 0 Å². The number of nitrogen functional groups attached to an aromatic ring is 1. The van der Waals surface area contributed by atoms with E-state index in [1.165, 1.54) is 0 Å². The summed E-state index contributed by atoms with van der Waals surface area (Å²) in [5.74, 6) is 1.15. The fourth-order valence-corrected chi connectivity index (χ4v) is 2.84. The quantitative estimate of drug-likeness (QED) is 0.908. The van der Waals surface area contributed by atoms with E-state index in [4.69, 9.17) is 17.3 Å². The fraction of sp³-hybridized carbons (Fsp3) is 0.375. The van der Waals surface area contributed by atoms with Crippen LogP contribution in [0.3, 0.4) is 0 Å². The van der Waals surface area contributed by atoms with Crippen LogP contribution in [0.2, 0.25) is 5.02 Å². The Morgan fingerprint density at radius 2 is 1.91 bits per heavy atom. The van der Waals surface area contributed by atoms with Crippen molar-refractivity contribution in [3.63, 3.8) is 0 Å². The van der Waals surface area contributed by atoms with Gasteiger partial charge in [0, 0.05) is 36.3 Å². The molecule has 2 heterocycles. The summed E-state index contributed by atoms with van der Waals surface area (Å²) in [6.45, 7) is 1.57. The van der Waals surface area contributed by atoms with Crippen molar-refractivity contribution in [3.8, 4) is 0 Å². The molecule has 3 N–H and O–H groups in total. The Kier molecular flexibility index (Phi) is 4.45. The second kappa shape index (κ2) is 6.50. The molecular formula is C16H19ClN4O. The van der Waals surface area contributed by atoms with Gasteiger partial charge in [0.1, 0.15) is 5.82 Å². The molecule has 0 spiro atoms. The molecule has 0 aliphatic carbocycles. The molecule has 0 unspecified atom stereocenters. The van der Waals surface area contributed by atoms with Crippen molar-refractivity contribution in [2.75, 3.05) is 23.7 Å². The molecule has 0 saturated carbocycles. The third kappa shape index (κ3) is 3.48. The minimum atomic E-state index is -0.213. The summed E-state index contributed by atoms with van der Waals surface area (Å²) in [7, 11) is 0. The lowest BCUT2D eigenvalue weighted by molar-refractivity contribution is 0.145. The van der Waals surface area contributed by atoms with Crippen molar-refractivity contribution in [1.29, 1.82) is 0 Å². The number of hydrogen-bond donors (Lipinski definition) is 2. The molecule has 0 amide bonds. The van der Waals surface area contributed by atoms with Crippen LogP contribution in [0.1, 0.15) is 24.0 Å². The lowest BCUT2D eigenvalue weighted by Crippen LogP contribution is -2.37. The zero-order valence-electron chi connectivity index (χ0n) is 12.2. The number of nitrogens with zero attached hydrogens (tertiary/aromatic N) is 3. The van der Waals surface area contributed by atoms with Gasteiger partial charge in [-0.05, 0) is 30.5 Å². The first kappa shape index (κ1) is 15.1. The van der Waals surface area contributed by atoms with Gasteiger partial charge in [-0.1, -0.05) is 23.7 Å². The first-order chi connectivity index (χ1) is 10.6. The molecule has 1 aromatic heterocycles. The Morgan fingerprint density at radius 1 is 1.23 bits per heavy atom. The van der Waals surface area contributed by atoms with Gasteiger partial charge in [0.2, 0.25) is 5.95 Å². The SMILES string of the molecule is Nc1ncc(Cc2ccc(Cl)cc2)c(N2CCC(O)CC2)n1. The van der Waals surface area contributed by atoms with Gasteiger partial charge in [0.05, 0.1) is 6.10 Å². The number of hydrogen-bond acceptors (Lipinski definition) is 5. The highest BCUT2D eigenvalue weighted by atomic mass is 35.5. The lowest BCUT2D eigenvalue weighted by atomic mass is 10.0. The van der Waals surface area contributed by atoms with Gasteiger partial charge in [0.15, 0.2) is 0 Å². The van der Waals surface area contributed by atoms with Crippen molar-refractivity contribution >= 4 is 23.4 Å². The van der Waals surface area contributed by atoms with Crippen LogP contribution in [0.15, 0.2) is 30.5 Å². The molecular weight excluding hydrogens is 300 g/mol. The molecule has 6 heteroatoms. The molecule has 2 aromatic rings. The zero-order valence-corrected chi connectivity index (χ0v) is 13.0. The average Bonchev–Trinajstić information content (AvgIpc) is 2.52. The Balaban J connectivity index is 1.85. The van der Waals surface area contributed by atoms with E-state index in [-0.39, 0.29) is 12.1 Å². The summed E-state index contributed by atoms with van der Waals surface area (Å²) in [5.41, 5.74) is 7.94. The molecule has 1 aliphatic rings. The monoisotopic (exact) mass is 318 g/mol. The van der Waals surface area contributed by atoms with E-state index in [1.54, 1.807) is 6.20 Å². The first-order valence-electron chi connectivity index (χ1n) is 7.40. The zero-order chi connectivity index (χ0) is 15.5. The minimum absolute atomic E-state index is 0.213. The molecule has 1 saturated heterocycles. The molecule has 22 heavy (non-hydrogen) atoms. The number of halogens is 1. The summed E-state index contributed by atoms with van der Waals surface area (Å²) < 4.78 is 0. The molecule has 0 atom stereocenters. The summed E-state index contributed by atoms with van der Waals surface area (Å²) >= 11 is 5.93. The van der Waals surface area contributed by atoms with Crippen molar-refractivity contribution < 1.29 is 5.11 Å². The van der Waals surface area contributed by atoms with Gasteiger partial charge in [-0.2, -0.15) is 4.98 Å². The Bertz CT molecular complexity index is 639. The van der Waals surface area contributed by atoms with Crippen molar-refractivity contribution in [3.05, 3.63) is 46.6 Å². The van der Waals surface area contributed by atoms with Crippen molar-refractivity contribution in [2.45, 2.75) is 25.4 Å². The summed E-state index contributed by atoms with van der Waals surface area (Å²) in [6.07, 6.45) is 3.81. The number of aliphatic hydroxyl groups is 1. The van der Waals surface area contributed by atoms with Crippen molar-refractivity contribution in [2.24, 2.45) is 0 Å². The molecule has 1 aliphatic heterocycles. The Hall–Kier alpha value is -1.85. The predicted octanol–water partition coefficient (Wildman–Crippen LogP) is 2.26. The smallest absolute Gasteiger partial charge is 0.221 e. The van der Waals surface area contributed by atoms with Crippen LogP contribution >= 0.6 is 11.6 Å². The predicted molar refractivity (Wildman–Crippen MR) is 88.2 cm³/mol. The average molecular weight is 319 g/mol. The maximum absolute atomic E-state index is 9.66. The van der Waals surface area contributed by atoms with Crippen LogP contribution in [-0.2, 0) is 6.42 Å². The van der Waals surface area contributed by atoms with Crippen LogP contribution in [0.4, 0.5) is 11.8 Å². The normalized spacial score (nSPS) is 16.0. The highest BCUT2D eigenvalue weighted by Crippen LogP contribution is 2.25. The minimum Gasteiger partial charge on any atom is -0.393 e. The summed E-state index contributed by atoms with van der Waals surface area (Å²) in [4.78, 5) is 10.7. The highest BCUT2D eigenvalue weighted by Gasteiger charge is 2.21. The topological polar surface area (TPSA) is 75.3 Å². The lowest BCUT2D eigenvalue weighted by Gasteiger charge is -2.31. The number of anilines is 2. The summed E-state index contributed by atoms with van der Waals surface area (Å²) in [5, 5.41) is 10.4. The van der Waals surface area contributed by atoms with Gasteiger partial charge in [-0.15, -0.1) is 0 Å². The molecule has 116 valence electrons. The molecule has 0 bridgehead atoms. The standard InChI is InChI=1S/C16H19ClN4O/c17-13-3-1-11(2-4-13)9-12-10-19-16(18)20-15(12)21-7-5-14(22)6-8-21/h1-4,10,14,22H,5-9H2,(H2,18,19,20). The highest BCUT2D eigenvalue weighted by molar-refractivity contribution is 6.30. The van der Waals surface area contributed by atoms with Crippen LogP contribution in [0, 0.1) is 0 Å². The van der Waals surface area contributed by atoms with Gasteiger partial charge < -0.3 is 15.7 Å². The van der Waals surface area contributed by atoms with Crippen molar-refractivity contribution in [1.82, 2.24) is 9.97 Å². The summed E-state index contributed by atoms with van der Waals surface area (Å²) in [6, 6.07) is 7.77. The third-order valence-electron chi connectivity index (χ3n) is 3.93. The molecule has 0 radical (unpaired) electrons. The van der Waals surface area contributed by atoms with Crippen LogP contribution in [-0.4, -0.2) is 34.3 Å². The van der Waals surface area contributed by atoms with Gasteiger partial charge in [-0.25, -0.2) is 4.98 Å². The van der Waals surface area contributed by atoms with Gasteiger partial charge in [-0.3, -0.25) is 0 Å². The number of benzene rings is 1. The first-order valence-corrected chi connectivity index (χ1v) is 7.78. The van der Waals surface area contributed by atoms with E-state index < -0.39 is 0 Å². The van der Waals surface area contributed by atoms with Crippen LogP contribution in [0.5, 0.6) is 0 Å². The largest absolute Gasteiger partial charge is 0.393 e. The maximum Gasteiger partial charge on any atom is 0.221 e. The van der Waals surface area contributed by atoms with E-state index in [0.717, 1.165) is 54.3 Å². The molecule has 1 fully saturated rings. The number of piperidine rings is 1. The molecule has 5 nitrogen and oxygen atoms in total. The molecule has 1 aromatic carbocycles. The number of aromatic nitrogens is 2. The van der Waals surface area contributed by atoms with Gasteiger partial charge >= 0.3 is 0 Å². The van der Waals surface area contributed by atoms with E-state index in [1.807, 2.05) is 24.3 Å². The number of nitrogens with two attached hydrogens (primary N) is 1. The number of aliphatic hydroxyl groups excluding tert-OH is 1. The second-order valence-corrected chi connectivity index (χ2v) is 6.03. The van der Waals surface area contributed by atoms with Crippen LogP contribution in [0.25, 0.3) is 0 Å². The Morgan fingerprint density at radius 3 is 2.59 bits per heavy atom. The maximum atomic E-state index is 9.66.